The minimum absolute atomic E-state index is 0.0372. The lowest BCUT2D eigenvalue weighted by Crippen LogP contribution is -2.31. The highest BCUT2D eigenvalue weighted by molar-refractivity contribution is 7.20. The first-order valence-electron chi connectivity index (χ1n) is 8.15. The Morgan fingerprint density at radius 1 is 1.16 bits per heavy atom. The van der Waals surface area contributed by atoms with Crippen molar-refractivity contribution in [3.63, 3.8) is 0 Å². The van der Waals surface area contributed by atoms with Gasteiger partial charge in [-0.3, -0.25) is 14.9 Å². The lowest BCUT2D eigenvalue weighted by molar-refractivity contribution is -0.384. The minimum atomic E-state index is -0.421. The summed E-state index contributed by atoms with van der Waals surface area (Å²) in [5.41, 5.74) is 0.902. The number of carbonyl (C=O) groups is 1. The summed E-state index contributed by atoms with van der Waals surface area (Å²) in [7, 11) is 0. The molecule has 3 aromatic rings. The van der Waals surface area contributed by atoms with Crippen molar-refractivity contribution in [2.45, 2.75) is 19.8 Å². The molecule has 0 N–H and O–H groups in total. The van der Waals surface area contributed by atoms with Crippen molar-refractivity contribution in [1.82, 2.24) is 0 Å². The van der Waals surface area contributed by atoms with Crippen LogP contribution in [0.5, 0.6) is 0 Å². The summed E-state index contributed by atoms with van der Waals surface area (Å²) in [5, 5.41) is 11.7. The van der Waals surface area contributed by atoms with Crippen LogP contribution in [0.4, 0.5) is 11.4 Å². The Kier molecular flexibility index (Phi) is 5.09. The summed E-state index contributed by atoms with van der Waals surface area (Å²) in [6.45, 7) is 2.74. The van der Waals surface area contributed by atoms with Gasteiger partial charge in [0.15, 0.2) is 0 Å². The van der Waals surface area contributed by atoms with E-state index in [0.717, 1.165) is 28.6 Å². The number of benzene rings is 2. The molecule has 0 aliphatic rings. The van der Waals surface area contributed by atoms with Crippen LogP contribution in [0.15, 0.2) is 54.6 Å². The van der Waals surface area contributed by atoms with Crippen molar-refractivity contribution < 1.29 is 9.72 Å². The predicted octanol–water partition coefficient (Wildman–Crippen LogP) is 5.26. The molecule has 3 rings (SSSR count). The molecule has 1 heterocycles. The predicted molar refractivity (Wildman–Crippen MR) is 102 cm³/mol. The van der Waals surface area contributed by atoms with Crippen molar-refractivity contribution in [2.24, 2.45) is 0 Å². The molecule has 25 heavy (non-hydrogen) atoms. The fourth-order valence-corrected chi connectivity index (χ4v) is 3.65. The van der Waals surface area contributed by atoms with Gasteiger partial charge >= 0.3 is 0 Å². The third-order valence-electron chi connectivity index (χ3n) is 3.97. The number of rotatable bonds is 6. The fourth-order valence-electron chi connectivity index (χ4n) is 2.65. The molecule has 0 aliphatic heterocycles. The van der Waals surface area contributed by atoms with E-state index < -0.39 is 4.92 Å². The average molecular weight is 354 g/mol. The van der Waals surface area contributed by atoms with Gasteiger partial charge in [0, 0.05) is 34.5 Å². The number of unbranched alkanes of at least 4 members (excludes halogenated alkanes) is 1. The van der Waals surface area contributed by atoms with Gasteiger partial charge in [0.05, 0.1) is 9.80 Å². The molecule has 0 spiro atoms. The van der Waals surface area contributed by atoms with Crippen LogP contribution >= 0.6 is 11.3 Å². The van der Waals surface area contributed by atoms with Gasteiger partial charge in [0.2, 0.25) is 0 Å². The van der Waals surface area contributed by atoms with E-state index >= 15 is 0 Å². The van der Waals surface area contributed by atoms with Crippen LogP contribution in [0.2, 0.25) is 0 Å². The molecule has 0 atom stereocenters. The molecule has 6 heteroatoms. The third-order valence-corrected chi connectivity index (χ3v) is 5.07. The Bertz CT molecular complexity index is 905. The summed E-state index contributed by atoms with van der Waals surface area (Å²) in [4.78, 5) is 25.9. The summed E-state index contributed by atoms with van der Waals surface area (Å²) in [6.07, 6.45) is 1.91. The van der Waals surface area contributed by atoms with E-state index in [4.69, 9.17) is 0 Å². The van der Waals surface area contributed by atoms with Gasteiger partial charge in [-0.25, -0.2) is 0 Å². The number of nitro benzene ring substituents is 1. The van der Waals surface area contributed by atoms with Crippen LogP contribution in [0.3, 0.4) is 0 Å². The Balaban J connectivity index is 1.96. The topological polar surface area (TPSA) is 63.5 Å². The first-order chi connectivity index (χ1) is 12.1. The molecule has 0 bridgehead atoms. The summed E-state index contributed by atoms with van der Waals surface area (Å²) in [5.74, 6) is -0.0662. The third kappa shape index (κ3) is 3.69. The second-order valence-corrected chi connectivity index (χ2v) is 6.82. The number of thiophene rings is 1. The number of nitrogens with zero attached hydrogens (tertiary/aromatic N) is 2. The van der Waals surface area contributed by atoms with Crippen LogP contribution < -0.4 is 4.90 Å². The van der Waals surface area contributed by atoms with Gasteiger partial charge < -0.3 is 4.90 Å². The van der Waals surface area contributed by atoms with E-state index in [2.05, 4.69) is 6.92 Å². The standard InChI is InChI=1S/C19H18N2O3S/c1-2-3-11-20(15-7-5-4-6-8-15)19(22)18-13-14-12-16(21(23)24)9-10-17(14)25-18/h4-10,12-13H,2-3,11H2,1H3. The molecule has 0 saturated heterocycles. The highest BCUT2D eigenvalue weighted by Crippen LogP contribution is 2.30. The molecular formula is C19H18N2O3S. The number of para-hydroxylation sites is 1. The molecule has 0 aliphatic carbocycles. The maximum absolute atomic E-state index is 13.0. The largest absolute Gasteiger partial charge is 0.308 e. The normalized spacial score (nSPS) is 10.8. The second kappa shape index (κ2) is 7.44. The fraction of sp³-hybridized carbons (Fsp3) is 0.211. The van der Waals surface area contributed by atoms with Crippen molar-refractivity contribution in [3.05, 3.63) is 69.6 Å². The Labute approximate surface area is 149 Å². The van der Waals surface area contributed by atoms with E-state index in [0.29, 0.717) is 11.4 Å². The van der Waals surface area contributed by atoms with Crippen molar-refractivity contribution in [1.29, 1.82) is 0 Å². The summed E-state index contributed by atoms with van der Waals surface area (Å²) < 4.78 is 0.873. The van der Waals surface area contributed by atoms with E-state index in [1.165, 1.54) is 23.5 Å². The van der Waals surface area contributed by atoms with Crippen molar-refractivity contribution >= 4 is 38.7 Å². The van der Waals surface area contributed by atoms with E-state index in [1.807, 2.05) is 30.3 Å². The van der Waals surface area contributed by atoms with Gasteiger partial charge in [0.25, 0.3) is 11.6 Å². The number of non-ortho nitro benzene ring substituents is 1. The minimum Gasteiger partial charge on any atom is -0.308 e. The lowest BCUT2D eigenvalue weighted by Gasteiger charge is -2.22. The van der Waals surface area contributed by atoms with E-state index in [-0.39, 0.29) is 11.6 Å². The molecule has 1 amide bonds. The Morgan fingerprint density at radius 2 is 1.92 bits per heavy atom. The van der Waals surface area contributed by atoms with Crippen molar-refractivity contribution in [3.8, 4) is 0 Å². The Hall–Kier alpha value is -2.73. The molecule has 5 nitrogen and oxygen atoms in total. The first-order valence-corrected chi connectivity index (χ1v) is 8.96. The number of hydrogen-bond acceptors (Lipinski definition) is 4. The maximum Gasteiger partial charge on any atom is 0.270 e. The highest BCUT2D eigenvalue weighted by Gasteiger charge is 2.20. The maximum atomic E-state index is 13.0. The van der Waals surface area contributed by atoms with Gasteiger partial charge in [-0.2, -0.15) is 0 Å². The van der Waals surface area contributed by atoms with Crippen LogP contribution in [-0.2, 0) is 0 Å². The molecule has 128 valence electrons. The number of amides is 1. The second-order valence-electron chi connectivity index (χ2n) is 5.74. The van der Waals surface area contributed by atoms with E-state index in [1.54, 1.807) is 17.0 Å². The zero-order valence-corrected chi connectivity index (χ0v) is 14.7. The molecule has 0 unspecified atom stereocenters. The van der Waals surface area contributed by atoms with Crippen LogP contribution in [0.1, 0.15) is 29.4 Å². The quantitative estimate of drug-likeness (QED) is 0.448. The first kappa shape index (κ1) is 17.1. The van der Waals surface area contributed by atoms with Gasteiger partial charge in [-0.15, -0.1) is 11.3 Å². The lowest BCUT2D eigenvalue weighted by atomic mass is 10.2. The van der Waals surface area contributed by atoms with Gasteiger partial charge in [0.1, 0.15) is 0 Å². The number of carbonyl (C=O) groups excluding carboxylic acids is 1. The van der Waals surface area contributed by atoms with Crippen LogP contribution in [-0.4, -0.2) is 17.4 Å². The van der Waals surface area contributed by atoms with Gasteiger partial charge in [-0.05, 0) is 30.7 Å². The number of fused-ring (bicyclic) bond motifs is 1. The molecule has 0 fully saturated rings. The average Bonchev–Trinajstić information content (AvgIpc) is 3.06. The molecular weight excluding hydrogens is 336 g/mol. The zero-order chi connectivity index (χ0) is 17.8. The van der Waals surface area contributed by atoms with Crippen molar-refractivity contribution in [2.75, 3.05) is 11.4 Å². The number of anilines is 1. The SMILES string of the molecule is CCCCN(C(=O)c1cc2cc([N+](=O)[O-])ccc2s1)c1ccccc1. The molecule has 2 aromatic carbocycles. The summed E-state index contributed by atoms with van der Waals surface area (Å²) in [6, 6.07) is 16.0. The van der Waals surface area contributed by atoms with E-state index in [9.17, 15) is 14.9 Å². The van der Waals surface area contributed by atoms with Crippen LogP contribution in [0.25, 0.3) is 10.1 Å². The van der Waals surface area contributed by atoms with Gasteiger partial charge in [-0.1, -0.05) is 31.5 Å². The smallest absolute Gasteiger partial charge is 0.270 e. The number of hydrogen-bond donors (Lipinski definition) is 0. The number of nitro groups is 1. The highest BCUT2D eigenvalue weighted by atomic mass is 32.1. The monoisotopic (exact) mass is 354 g/mol. The molecule has 1 aromatic heterocycles. The summed E-state index contributed by atoms with van der Waals surface area (Å²) >= 11 is 1.37. The van der Waals surface area contributed by atoms with Crippen LogP contribution in [0, 0.1) is 10.1 Å². The Morgan fingerprint density at radius 3 is 2.60 bits per heavy atom. The molecule has 0 radical (unpaired) electrons. The zero-order valence-electron chi connectivity index (χ0n) is 13.8. The molecule has 0 saturated carbocycles.